The van der Waals surface area contributed by atoms with Crippen LogP contribution in [-0.4, -0.2) is 37.5 Å². The summed E-state index contributed by atoms with van der Waals surface area (Å²) in [5.41, 5.74) is -1.70. The number of halogens is 2. The van der Waals surface area contributed by atoms with Crippen LogP contribution in [0.15, 0.2) is 138 Å². The second-order valence-electron chi connectivity index (χ2n) is 10.3. The fraction of sp³-hybridized carbons (Fsp3) is 0.0625. The summed E-state index contributed by atoms with van der Waals surface area (Å²) >= 11 is 11.4. The topological polar surface area (TPSA) is 314 Å². The number of ketones is 2. The fourth-order valence-corrected chi connectivity index (χ4v) is 5.57. The van der Waals surface area contributed by atoms with Crippen LogP contribution < -0.4 is 120 Å². The average Bonchev–Trinajstić information content (AvgIpc) is 3.07. The summed E-state index contributed by atoms with van der Waals surface area (Å²) in [6, 6.07) is 19.6. The monoisotopic (exact) mass is 944 g/mol. The number of hydrogen-bond acceptors (Lipinski definition) is 18. The number of carbonyl (C=O) groups excluding carboxylic acids is 2. The summed E-state index contributed by atoms with van der Waals surface area (Å²) in [5, 5.41) is 66.5. The second-order valence-corrected chi connectivity index (χ2v) is 13.8. The Hall–Kier alpha value is -2.39. The number of hydrogen-bond donors (Lipinski definition) is 2. The van der Waals surface area contributed by atoms with Gasteiger partial charge in [-0.05, 0) is 60.3 Å². The molecule has 0 amide bonds. The summed E-state index contributed by atoms with van der Waals surface area (Å²) < 4.78 is 66.6. The third kappa shape index (κ3) is 17.7. The van der Waals surface area contributed by atoms with Crippen molar-refractivity contribution in [1.82, 2.24) is 0 Å². The van der Waals surface area contributed by atoms with Crippen LogP contribution in [0.5, 0.6) is 11.5 Å². The number of para-hydroxylation sites is 2. The first kappa shape index (κ1) is 57.7. The van der Waals surface area contributed by atoms with E-state index in [-0.39, 0.29) is 115 Å². The summed E-state index contributed by atoms with van der Waals surface area (Å²) in [4.78, 5) is 21.1. The molecule has 0 spiro atoms. The SMILES string of the molecule is CC(=O)/C(N=Nc1cc(Cl)cc(S(=O)(=O)[O-])c1[O-])=C(/[O-])Nc1ccccc1.CC(=O)/C(N=Nc1cc(Cl)cc(S(=O)(=O)[O-])c1[O-])=C(/[O-])Nc1ccccc1.[Co+3].[Na+].[Na+].[Na+]. The molecule has 4 aromatic carbocycles. The molecule has 0 aliphatic heterocycles. The number of nitrogens with one attached hydrogen (secondary N) is 2. The van der Waals surface area contributed by atoms with Crippen molar-refractivity contribution in [2.75, 3.05) is 10.6 Å². The van der Waals surface area contributed by atoms with Crippen LogP contribution in [0.4, 0.5) is 22.7 Å². The Balaban J connectivity index is 0. The molecule has 4 aromatic rings. The minimum atomic E-state index is -5.09. The van der Waals surface area contributed by atoms with Crippen LogP contribution in [0, 0.1) is 0 Å². The molecule has 0 heterocycles. The van der Waals surface area contributed by atoms with E-state index in [9.17, 15) is 56.0 Å². The van der Waals surface area contributed by atoms with Crippen LogP contribution in [0.3, 0.4) is 0 Å². The van der Waals surface area contributed by atoms with Gasteiger partial charge in [-0.3, -0.25) is 9.59 Å². The van der Waals surface area contributed by atoms with Crippen molar-refractivity contribution < 1.29 is 161 Å². The number of nitrogens with zero attached hydrogens (tertiary/aromatic N) is 4. The Morgan fingerprint density at radius 2 is 0.879 bits per heavy atom. The van der Waals surface area contributed by atoms with Gasteiger partial charge in [0, 0.05) is 35.3 Å². The maximum atomic E-state index is 12.2. The molecular weight excluding hydrogens is 923 g/mol. The molecule has 0 saturated heterocycles. The molecule has 0 bridgehead atoms. The zero-order valence-corrected chi connectivity index (χ0v) is 40.9. The van der Waals surface area contributed by atoms with Gasteiger partial charge in [-0.15, -0.1) is 10.2 Å². The van der Waals surface area contributed by atoms with E-state index < -0.39 is 87.6 Å². The van der Waals surface area contributed by atoms with Gasteiger partial charge in [-0.25, -0.2) is 16.8 Å². The number of allylic oxidation sites excluding steroid dienone is 2. The zero-order chi connectivity index (χ0) is 40.4. The van der Waals surface area contributed by atoms with E-state index in [0.29, 0.717) is 23.5 Å². The van der Waals surface area contributed by atoms with Gasteiger partial charge in [0.05, 0.1) is 21.2 Å². The molecule has 0 aliphatic rings. The van der Waals surface area contributed by atoms with Crippen molar-refractivity contribution in [3.05, 3.63) is 118 Å². The Labute approximate surface area is 418 Å². The van der Waals surface area contributed by atoms with E-state index in [1.54, 1.807) is 60.7 Å². The maximum Gasteiger partial charge on any atom is 3.00 e. The number of anilines is 2. The summed E-state index contributed by atoms with van der Waals surface area (Å²) in [7, 11) is -10.2. The molecule has 0 aromatic heterocycles. The van der Waals surface area contributed by atoms with Gasteiger partial charge in [0.15, 0.2) is 11.6 Å². The van der Waals surface area contributed by atoms with Crippen molar-refractivity contribution >= 4 is 77.8 Å². The quantitative estimate of drug-likeness (QED) is 0.0440. The van der Waals surface area contributed by atoms with Crippen molar-refractivity contribution in [2.24, 2.45) is 20.5 Å². The first-order valence-electron chi connectivity index (χ1n) is 14.4. The van der Waals surface area contributed by atoms with Crippen molar-refractivity contribution in [2.45, 2.75) is 23.6 Å². The van der Waals surface area contributed by atoms with Gasteiger partial charge in [0.1, 0.15) is 31.6 Å². The van der Waals surface area contributed by atoms with Gasteiger partial charge in [-0.1, -0.05) is 71.1 Å². The molecule has 290 valence electrons. The van der Waals surface area contributed by atoms with Crippen LogP contribution in [0.2, 0.25) is 10.0 Å². The Morgan fingerprint density at radius 3 is 1.14 bits per heavy atom. The Bertz CT molecular complexity index is 2260. The molecule has 0 fully saturated rings. The maximum absolute atomic E-state index is 12.2. The normalized spacial score (nSPS) is 11.8. The molecule has 0 atom stereocenters. The zero-order valence-electron chi connectivity index (χ0n) is 30.7. The Kier molecular flexibility index (Phi) is 25.9. The van der Waals surface area contributed by atoms with Crippen LogP contribution in [0.1, 0.15) is 13.8 Å². The van der Waals surface area contributed by atoms with Crippen molar-refractivity contribution in [3.8, 4) is 11.5 Å². The molecule has 0 saturated carbocycles. The first-order valence-corrected chi connectivity index (χ1v) is 18.0. The summed E-state index contributed by atoms with van der Waals surface area (Å²) in [5.74, 6) is -5.77. The van der Waals surface area contributed by atoms with Crippen molar-refractivity contribution in [3.63, 3.8) is 0 Å². The second kappa shape index (κ2) is 26.1. The van der Waals surface area contributed by atoms with E-state index in [1.807, 2.05) is 0 Å². The van der Waals surface area contributed by atoms with E-state index in [0.717, 1.165) is 26.0 Å². The smallest absolute Gasteiger partial charge is 0.870 e. The number of benzene rings is 4. The van der Waals surface area contributed by atoms with Gasteiger partial charge >= 0.3 is 105 Å². The fourth-order valence-electron chi connectivity index (χ4n) is 3.81. The summed E-state index contributed by atoms with van der Waals surface area (Å²) in [6.45, 7) is 2.12. The van der Waals surface area contributed by atoms with Gasteiger partial charge in [0.2, 0.25) is 0 Å². The number of Topliss-reactive ketones (excluding diaryl/α,β-unsaturated/α-hetero) is 2. The molecule has 26 heteroatoms. The minimum Gasteiger partial charge on any atom is -0.870 e. The molecule has 18 nitrogen and oxygen atoms in total. The third-order valence-corrected chi connectivity index (χ3v) is 8.33. The number of rotatable bonds is 12. The summed E-state index contributed by atoms with van der Waals surface area (Å²) in [6.07, 6.45) is 0. The van der Waals surface area contributed by atoms with Crippen LogP contribution >= 0.6 is 23.2 Å². The van der Waals surface area contributed by atoms with E-state index >= 15 is 0 Å². The molecule has 2 N–H and O–H groups in total. The van der Waals surface area contributed by atoms with Crippen LogP contribution in [0.25, 0.3) is 0 Å². The predicted octanol–water partition coefficient (Wildman–Crippen LogP) is -5.73. The minimum absolute atomic E-state index is 0. The third-order valence-electron chi connectivity index (χ3n) is 6.21. The first-order chi connectivity index (χ1) is 25.2. The van der Waals surface area contributed by atoms with Crippen molar-refractivity contribution in [1.29, 1.82) is 0 Å². The molecule has 4 rings (SSSR count). The van der Waals surface area contributed by atoms with E-state index in [1.165, 1.54) is 0 Å². The average molecular weight is 946 g/mol. The van der Waals surface area contributed by atoms with E-state index in [4.69, 9.17) is 23.2 Å². The standard InChI is InChI=1S/2C16H14ClN3O6S.Co.3Na/c2*1-9(21)14(16(23)18-11-5-3-2-4-6-11)20-19-12-7-10(17)8-13(15(12)22)27(24,25)26;;;;/h2*2-8,18,22-23H,1H3,(H,24,25,26);;;;/q;;+3;3*+1/p-6/b2*16-14-,20-19?;;;;. The van der Waals surface area contributed by atoms with Gasteiger partial charge < -0.3 is 40.2 Å². The largest absolute Gasteiger partial charge is 3.00 e. The molecule has 0 aliphatic carbocycles. The van der Waals surface area contributed by atoms with Gasteiger partial charge in [0.25, 0.3) is 0 Å². The molecule has 0 unspecified atom stereocenters. The predicted molar refractivity (Wildman–Crippen MR) is 182 cm³/mol. The molecular formula is C32H22Cl2CoN6Na3O12S2. The molecule has 0 radical (unpaired) electrons. The van der Waals surface area contributed by atoms with Gasteiger partial charge in [-0.2, -0.15) is 10.2 Å². The Morgan fingerprint density at radius 1 is 0.586 bits per heavy atom. The molecule has 58 heavy (non-hydrogen) atoms. The number of carbonyl (C=O) groups is 2. The van der Waals surface area contributed by atoms with Crippen LogP contribution in [-0.2, 0) is 46.6 Å². The van der Waals surface area contributed by atoms with E-state index in [2.05, 4.69) is 31.1 Å². The number of azo groups is 2.